The van der Waals surface area contributed by atoms with Crippen LogP contribution < -0.4 is 0 Å². The van der Waals surface area contributed by atoms with E-state index in [0.29, 0.717) is 43.5 Å². The molecule has 2 rings (SSSR count). The van der Waals surface area contributed by atoms with Gasteiger partial charge in [-0.25, -0.2) is 9.59 Å². The third-order valence-electron chi connectivity index (χ3n) is 5.11. The van der Waals surface area contributed by atoms with E-state index in [2.05, 4.69) is 36.3 Å². The number of aliphatic imine (C=N–C) groups is 2. The van der Waals surface area contributed by atoms with Crippen molar-refractivity contribution >= 4 is 23.5 Å². The van der Waals surface area contributed by atoms with E-state index >= 15 is 0 Å². The number of hydrogen-bond donors (Lipinski definition) is 0. The second-order valence-corrected chi connectivity index (χ2v) is 6.96. The minimum atomic E-state index is 0.589. The first-order valence-corrected chi connectivity index (χ1v) is 10.0. The molecule has 4 nitrogen and oxygen atoms in total. The van der Waals surface area contributed by atoms with Gasteiger partial charge in [0.1, 0.15) is 0 Å². The zero-order valence-corrected chi connectivity index (χ0v) is 17.7. The molecule has 0 aromatic heterocycles. The largest absolute Gasteiger partial charge is 0.240 e. The lowest BCUT2D eigenvalue weighted by Crippen LogP contribution is -2.05. The average molecular weight is 411 g/mol. The van der Waals surface area contributed by atoms with Crippen LogP contribution in [0.1, 0.15) is 33.4 Å². The number of benzene rings is 2. The first-order valence-electron chi connectivity index (χ1n) is 10.0. The highest BCUT2D eigenvalue weighted by atomic mass is 16.1. The standard InChI is InChI=1S/C27H26N2O2/c1-5-9-22-20(13-15-26(28-18-30)24(22)11-7-3)17-21-14-16-27(29-19-31)25(12-8-4)23(21)10-6-2/h5-8,13-16H,1-4,9-12,17H2. The Balaban J connectivity index is 2.71. The molecule has 4 heteroatoms. The van der Waals surface area contributed by atoms with Gasteiger partial charge in [0, 0.05) is 0 Å². The van der Waals surface area contributed by atoms with Crippen molar-refractivity contribution in [2.24, 2.45) is 9.98 Å². The van der Waals surface area contributed by atoms with Gasteiger partial charge in [-0.05, 0) is 77.6 Å². The van der Waals surface area contributed by atoms with Gasteiger partial charge < -0.3 is 0 Å². The molecule has 0 aliphatic carbocycles. The minimum absolute atomic E-state index is 0.589. The lowest BCUT2D eigenvalue weighted by molar-refractivity contribution is 0.564. The highest BCUT2D eigenvalue weighted by molar-refractivity contribution is 5.62. The summed E-state index contributed by atoms with van der Waals surface area (Å²) in [5, 5.41) is 0. The summed E-state index contributed by atoms with van der Waals surface area (Å²) in [5.74, 6) is 0. The maximum Gasteiger partial charge on any atom is 0.240 e. The molecule has 31 heavy (non-hydrogen) atoms. The van der Waals surface area contributed by atoms with E-state index in [1.165, 1.54) is 0 Å². The Labute approximate surface area is 183 Å². The Morgan fingerprint density at radius 1 is 0.613 bits per heavy atom. The van der Waals surface area contributed by atoms with Crippen LogP contribution in [0.4, 0.5) is 11.4 Å². The summed E-state index contributed by atoms with van der Waals surface area (Å²) in [6.07, 6.45) is 13.7. The maximum absolute atomic E-state index is 10.9. The Hall–Kier alpha value is -3.84. The number of isocyanates is 2. The first kappa shape index (κ1) is 23.4. The van der Waals surface area contributed by atoms with Crippen LogP contribution in [0.2, 0.25) is 0 Å². The quantitative estimate of drug-likeness (QED) is 0.240. The summed E-state index contributed by atoms with van der Waals surface area (Å²) in [5.41, 5.74) is 7.50. The summed E-state index contributed by atoms with van der Waals surface area (Å²) in [7, 11) is 0. The second-order valence-electron chi connectivity index (χ2n) is 6.96. The first-order chi connectivity index (χ1) is 15.1. The zero-order valence-electron chi connectivity index (χ0n) is 17.7. The molecule has 0 saturated heterocycles. The molecule has 0 radical (unpaired) electrons. The molecule has 0 aliphatic rings. The third kappa shape index (κ3) is 5.61. The Bertz CT molecular complexity index is 1010. The van der Waals surface area contributed by atoms with Crippen molar-refractivity contribution in [1.82, 2.24) is 0 Å². The van der Waals surface area contributed by atoms with Crippen molar-refractivity contribution in [2.75, 3.05) is 0 Å². The SMILES string of the molecule is C=CCc1c(Cc2ccc(N=C=O)c(CC=C)c2CC=C)ccc(N=C=O)c1CC=C. The monoisotopic (exact) mass is 410 g/mol. The lowest BCUT2D eigenvalue weighted by atomic mass is 9.87. The van der Waals surface area contributed by atoms with E-state index in [1.807, 2.05) is 36.4 Å². The molecule has 0 saturated carbocycles. The van der Waals surface area contributed by atoms with Crippen LogP contribution in [0, 0.1) is 0 Å². The summed E-state index contributed by atoms with van der Waals surface area (Å²) in [6, 6.07) is 7.66. The molecule has 2 aromatic carbocycles. The number of allylic oxidation sites excluding steroid dienone is 4. The second kappa shape index (κ2) is 12.0. The van der Waals surface area contributed by atoms with Gasteiger partial charge in [0.25, 0.3) is 0 Å². The molecule has 0 bridgehead atoms. The van der Waals surface area contributed by atoms with E-state index in [-0.39, 0.29) is 0 Å². The van der Waals surface area contributed by atoms with E-state index < -0.39 is 0 Å². The normalized spacial score (nSPS) is 9.81. The van der Waals surface area contributed by atoms with Gasteiger partial charge in [-0.2, -0.15) is 9.98 Å². The van der Waals surface area contributed by atoms with Gasteiger partial charge in [-0.15, -0.1) is 26.3 Å². The molecule has 0 unspecified atom stereocenters. The smallest absolute Gasteiger partial charge is 0.211 e. The highest BCUT2D eigenvalue weighted by Crippen LogP contribution is 2.33. The molecule has 0 spiro atoms. The van der Waals surface area contributed by atoms with Gasteiger partial charge in [-0.3, -0.25) is 0 Å². The Morgan fingerprint density at radius 2 is 0.968 bits per heavy atom. The number of carbonyl (C=O) groups excluding carboxylic acids is 2. The number of rotatable bonds is 12. The molecule has 0 heterocycles. The van der Waals surface area contributed by atoms with Gasteiger partial charge in [0.2, 0.25) is 12.2 Å². The van der Waals surface area contributed by atoms with Crippen molar-refractivity contribution < 1.29 is 9.59 Å². The minimum Gasteiger partial charge on any atom is -0.211 e. The molecular weight excluding hydrogens is 384 g/mol. The molecule has 0 N–H and O–H groups in total. The van der Waals surface area contributed by atoms with Gasteiger partial charge in [-0.1, -0.05) is 36.4 Å². The number of hydrogen-bond acceptors (Lipinski definition) is 4. The maximum atomic E-state index is 10.9. The van der Waals surface area contributed by atoms with E-state index in [9.17, 15) is 9.59 Å². The highest BCUT2D eigenvalue weighted by Gasteiger charge is 2.16. The van der Waals surface area contributed by atoms with Crippen molar-refractivity contribution in [2.45, 2.75) is 32.1 Å². The van der Waals surface area contributed by atoms with Gasteiger partial charge in [0.15, 0.2) is 0 Å². The van der Waals surface area contributed by atoms with Crippen molar-refractivity contribution in [3.63, 3.8) is 0 Å². The Morgan fingerprint density at radius 3 is 1.29 bits per heavy atom. The van der Waals surface area contributed by atoms with E-state index in [4.69, 9.17) is 0 Å². The fraction of sp³-hybridized carbons (Fsp3) is 0.185. The van der Waals surface area contributed by atoms with Gasteiger partial charge >= 0.3 is 0 Å². The Kier molecular flexibility index (Phi) is 9.07. The van der Waals surface area contributed by atoms with Crippen LogP contribution in [0.25, 0.3) is 0 Å². The summed E-state index contributed by atoms with van der Waals surface area (Å²) < 4.78 is 0. The van der Waals surface area contributed by atoms with Crippen LogP contribution in [-0.2, 0) is 41.7 Å². The van der Waals surface area contributed by atoms with E-state index in [0.717, 1.165) is 33.4 Å². The molecular formula is C27H26N2O2. The topological polar surface area (TPSA) is 58.9 Å². The predicted molar refractivity (Wildman–Crippen MR) is 127 cm³/mol. The zero-order chi connectivity index (χ0) is 22.6. The predicted octanol–water partition coefficient (Wildman–Crippen LogP) is 6.13. The molecule has 0 aliphatic heterocycles. The van der Waals surface area contributed by atoms with Crippen molar-refractivity contribution in [3.8, 4) is 0 Å². The van der Waals surface area contributed by atoms with Crippen molar-refractivity contribution in [3.05, 3.63) is 108 Å². The van der Waals surface area contributed by atoms with Crippen LogP contribution in [0.15, 0.2) is 84.9 Å². The average Bonchev–Trinajstić information content (AvgIpc) is 2.76. The molecule has 0 amide bonds. The van der Waals surface area contributed by atoms with Crippen LogP contribution in [0.3, 0.4) is 0 Å². The lowest BCUT2D eigenvalue weighted by Gasteiger charge is -2.19. The van der Waals surface area contributed by atoms with Crippen LogP contribution in [-0.4, -0.2) is 12.2 Å². The molecule has 156 valence electrons. The fourth-order valence-electron chi connectivity index (χ4n) is 3.84. The summed E-state index contributed by atoms with van der Waals surface area (Å²) in [6.45, 7) is 15.5. The van der Waals surface area contributed by atoms with Crippen molar-refractivity contribution in [1.29, 1.82) is 0 Å². The molecule has 0 fully saturated rings. The summed E-state index contributed by atoms with van der Waals surface area (Å²) in [4.78, 5) is 29.5. The molecule has 2 aromatic rings. The fourth-order valence-corrected chi connectivity index (χ4v) is 3.84. The van der Waals surface area contributed by atoms with Crippen LogP contribution >= 0.6 is 0 Å². The van der Waals surface area contributed by atoms with Crippen LogP contribution in [0.5, 0.6) is 0 Å². The van der Waals surface area contributed by atoms with E-state index in [1.54, 1.807) is 24.3 Å². The summed E-state index contributed by atoms with van der Waals surface area (Å²) >= 11 is 0. The number of nitrogens with zero attached hydrogens (tertiary/aromatic N) is 2. The van der Waals surface area contributed by atoms with Gasteiger partial charge in [0.05, 0.1) is 11.4 Å². The third-order valence-corrected chi connectivity index (χ3v) is 5.11. The molecule has 0 atom stereocenters.